The van der Waals surface area contributed by atoms with Crippen molar-refractivity contribution in [2.75, 3.05) is 23.3 Å². The molecule has 0 spiro atoms. The van der Waals surface area contributed by atoms with Crippen LogP contribution in [0.4, 0.5) is 24.7 Å². The van der Waals surface area contributed by atoms with Crippen LogP contribution in [0.5, 0.6) is 0 Å². The third-order valence-electron chi connectivity index (χ3n) is 5.79. The molecule has 12 heteroatoms. The van der Waals surface area contributed by atoms with Crippen LogP contribution in [0.1, 0.15) is 35.3 Å². The Labute approximate surface area is 175 Å². The number of aryl methyl sites for hydroxylation is 1. The number of nitrogens with one attached hydrogen (secondary N) is 2. The maximum Gasteiger partial charge on any atom is 0.437 e. The molecule has 2 fully saturated rings. The Morgan fingerprint density at radius 3 is 2.87 bits per heavy atom. The van der Waals surface area contributed by atoms with E-state index in [0.29, 0.717) is 17.9 Å². The van der Waals surface area contributed by atoms with E-state index in [0.717, 1.165) is 36.8 Å². The number of amides is 1. The minimum atomic E-state index is -4.68. The maximum atomic E-state index is 13.2. The molecule has 2 unspecified atom stereocenters. The Bertz CT molecular complexity index is 1140. The fourth-order valence-corrected chi connectivity index (χ4v) is 4.33. The van der Waals surface area contributed by atoms with Crippen LogP contribution in [0.2, 0.25) is 0 Å². The van der Waals surface area contributed by atoms with Gasteiger partial charge in [0.15, 0.2) is 11.3 Å². The number of aromatic nitrogens is 5. The molecule has 0 saturated carbocycles. The number of hydrogen-bond acceptors (Lipinski definition) is 6. The van der Waals surface area contributed by atoms with E-state index in [1.807, 2.05) is 6.07 Å². The van der Waals surface area contributed by atoms with E-state index in [1.165, 1.54) is 24.2 Å². The predicted octanol–water partition coefficient (Wildman–Crippen LogP) is 2.06. The van der Waals surface area contributed by atoms with Crippen molar-refractivity contribution in [3.05, 3.63) is 35.9 Å². The standard InChI is InChI=1S/C19H21F3N8O/c1-28-10-14(16(27-28)19(20,21)22)25-18(31)13-8-23-30-7-5-15(26-17(13)30)29-6-4-11-2-3-12(9-29)24-11/h5,7-8,10-12,24H,2-4,6,9H2,1H3,(H,25,31). The van der Waals surface area contributed by atoms with E-state index < -0.39 is 23.5 Å². The second kappa shape index (κ2) is 7.22. The maximum absolute atomic E-state index is 13.2. The molecule has 5 heterocycles. The van der Waals surface area contributed by atoms with Gasteiger partial charge in [-0.3, -0.25) is 9.48 Å². The molecular formula is C19H21F3N8O. The fourth-order valence-electron chi connectivity index (χ4n) is 4.33. The van der Waals surface area contributed by atoms with E-state index in [-0.39, 0.29) is 11.2 Å². The lowest BCUT2D eigenvalue weighted by Gasteiger charge is -2.25. The minimum Gasteiger partial charge on any atom is -0.355 e. The van der Waals surface area contributed by atoms with Gasteiger partial charge in [-0.2, -0.15) is 23.4 Å². The summed E-state index contributed by atoms with van der Waals surface area (Å²) >= 11 is 0. The molecule has 5 rings (SSSR count). The van der Waals surface area contributed by atoms with Crippen LogP contribution in [-0.2, 0) is 13.2 Å². The molecule has 164 valence electrons. The van der Waals surface area contributed by atoms with Crippen LogP contribution in [0.3, 0.4) is 0 Å². The summed E-state index contributed by atoms with van der Waals surface area (Å²) in [4.78, 5) is 19.6. The number of fused-ring (bicyclic) bond motifs is 3. The lowest BCUT2D eigenvalue weighted by molar-refractivity contribution is -0.140. The molecule has 2 atom stereocenters. The predicted molar refractivity (Wildman–Crippen MR) is 106 cm³/mol. The Kier molecular flexibility index (Phi) is 4.61. The molecule has 2 bridgehead atoms. The van der Waals surface area contributed by atoms with Crippen LogP contribution < -0.4 is 15.5 Å². The van der Waals surface area contributed by atoms with Gasteiger partial charge in [0.1, 0.15) is 11.4 Å². The molecule has 0 aromatic carbocycles. The van der Waals surface area contributed by atoms with Crippen molar-refractivity contribution in [3.63, 3.8) is 0 Å². The number of halogens is 3. The normalized spacial score (nSPS) is 21.5. The first-order valence-electron chi connectivity index (χ1n) is 10.1. The molecule has 2 aliphatic heterocycles. The van der Waals surface area contributed by atoms with Gasteiger partial charge in [-0.15, -0.1) is 0 Å². The average Bonchev–Trinajstić information content (AvgIpc) is 3.37. The van der Waals surface area contributed by atoms with E-state index in [4.69, 9.17) is 0 Å². The van der Waals surface area contributed by atoms with Gasteiger partial charge < -0.3 is 15.5 Å². The number of carbonyl (C=O) groups is 1. The van der Waals surface area contributed by atoms with Gasteiger partial charge in [0.2, 0.25) is 0 Å². The Balaban J connectivity index is 1.43. The fraction of sp³-hybridized carbons (Fsp3) is 0.474. The van der Waals surface area contributed by atoms with Crippen LogP contribution in [0.15, 0.2) is 24.7 Å². The molecule has 9 nitrogen and oxygen atoms in total. The average molecular weight is 434 g/mol. The topological polar surface area (TPSA) is 92.4 Å². The molecule has 1 amide bonds. The highest BCUT2D eigenvalue weighted by molar-refractivity contribution is 6.08. The Morgan fingerprint density at radius 1 is 1.26 bits per heavy atom. The van der Waals surface area contributed by atoms with Crippen LogP contribution in [-0.4, -0.2) is 55.5 Å². The van der Waals surface area contributed by atoms with Crippen molar-refractivity contribution in [1.82, 2.24) is 29.7 Å². The summed E-state index contributed by atoms with van der Waals surface area (Å²) in [6.07, 6.45) is 2.76. The summed E-state index contributed by atoms with van der Waals surface area (Å²) in [5.74, 6) is -0.0106. The minimum absolute atomic E-state index is 0.0910. The summed E-state index contributed by atoms with van der Waals surface area (Å²) in [5.41, 5.74) is -1.19. The first-order valence-corrected chi connectivity index (χ1v) is 10.1. The Hall–Kier alpha value is -3.15. The molecule has 2 N–H and O–H groups in total. The number of alkyl halides is 3. The zero-order valence-corrected chi connectivity index (χ0v) is 16.7. The van der Waals surface area contributed by atoms with Crippen LogP contribution in [0, 0.1) is 0 Å². The van der Waals surface area contributed by atoms with E-state index in [2.05, 4.69) is 30.7 Å². The highest BCUT2D eigenvalue weighted by atomic mass is 19.4. The summed E-state index contributed by atoms with van der Waals surface area (Å²) in [5, 5.41) is 13.4. The number of rotatable bonds is 3. The SMILES string of the molecule is Cn1cc(NC(=O)c2cnn3ccc(N4CCC5CCC(C4)N5)nc23)c(C(F)(F)F)n1. The third kappa shape index (κ3) is 3.71. The largest absolute Gasteiger partial charge is 0.437 e. The van der Waals surface area contributed by atoms with E-state index >= 15 is 0 Å². The lowest BCUT2D eigenvalue weighted by atomic mass is 10.1. The second-order valence-corrected chi connectivity index (χ2v) is 8.00. The molecule has 3 aromatic rings. The van der Waals surface area contributed by atoms with Crippen LogP contribution in [0.25, 0.3) is 5.65 Å². The third-order valence-corrected chi connectivity index (χ3v) is 5.79. The van der Waals surface area contributed by atoms with Crippen molar-refractivity contribution in [2.24, 2.45) is 7.05 Å². The first kappa shape index (κ1) is 19.8. The number of carbonyl (C=O) groups excluding carboxylic acids is 1. The molecular weight excluding hydrogens is 413 g/mol. The smallest absolute Gasteiger partial charge is 0.355 e. The van der Waals surface area contributed by atoms with Gasteiger partial charge in [0.05, 0.1) is 11.9 Å². The summed E-state index contributed by atoms with van der Waals surface area (Å²) in [7, 11) is 1.36. The Morgan fingerprint density at radius 2 is 2.06 bits per heavy atom. The summed E-state index contributed by atoms with van der Waals surface area (Å²) in [6, 6.07) is 2.77. The molecule has 2 aliphatic rings. The van der Waals surface area contributed by atoms with Crippen molar-refractivity contribution in [2.45, 2.75) is 37.5 Å². The highest BCUT2D eigenvalue weighted by Gasteiger charge is 2.38. The number of anilines is 2. The van der Waals surface area contributed by atoms with Crippen molar-refractivity contribution in [1.29, 1.82) is 0 Å². The number of hydrogen-bond donors (Lipinski definition) is 2. The monoisotopic (exact) mass is 434 g/mol. The zero-order valence-electron chi connectivity index (χ0n) is 16.7. The van der Waals surface area contributed by atoms with Gasteiger partial charge in [-0.1, -0.05) is 0 Å². The molecule has 0 aliphatic carbocycles. The van der Waals surface area contributed by atoms with Crippen molar-refractivity contribution < 1.29 is 18.0 Å². The van der Waals surface area contributed by atoms with Crippen LogP contribution >= 0.6 is 0 Å². The zero-order chi connectivity index (χ0) is 21.8. The van der Waals surface area contributed by atoms with E-state index in [9.17, 15) is 18.0 Å². The van der Waals surface area contributed by atoms with Crippen molar-refractivity contribution >= 4 is 23.1 Å². The lowest BCUT2D eigenvalue weighted by Crippen LogP contribution is -2.35. The van der Waals surface area contributed by atoms with Gasteiger partial charge in [0.25, 0.3) is 5.91 Å². The number of nitrogens with zero attached hydrogens (tertiary/aromatic N) is 6. The second-order valence-electron chi connectivity index (χ2n) is 8.00. The van der Waals surface area contributed by atoms with Gasteiger partial charge in [-0.05, 0) is 25.3 Å². The summed E-state index contributed by atoms with van der Waals surface area (Å²) in [6.45, 7) is 1.66. The van der Waals surface area contributed by atoms with Gasteiger partial charge in [-0.25, -0.2) is 9.50 Å². The molecule has 0 radical (unpaired) electrons. The van der Waals surface area contributed by atoms with Gasteiger partial charge >= 0.3 is 6.18 Å². The highest BCUT2D eigenvalue weighted by Crippen LogP contribution is 2.33. The van der Waals surface area contributed by atoms with E-state index in [1.54, 1.807) is 6.20 Å². The first-order chi connectivity index (χ1) is 14.8. The molecule has 31 heavy (non-hydrogen) atoms. The molecule has 2 saturated heterocycles. The molecule has 3 aromatic heterocycles. The quantitative estimate of drug-likeness (QED) is 0.656. The summed E-state index contributed by atoms with van der Waals surface area (Å²) < 4.78 is 42.0. The van der Waals surface area contributed by atoms with Crippen molar-refractivity contribution in [3.8, 4) is 0 Å². The van der Waals surface area contributed by atoms with Gasteiger partial charge in [0, 0.05) is 44.6 Å².